The van der Waals surface area contributed by atoms with Gasteiger partial charge in [-0.25, -0.2) is 0 Å². The minimum Gasteiger partial charge on any atom is -0.314 e. The van der Waals surface area contributed by atoms with Crippen molar-refractivity contribution < 1.29 is 0 Å². The first kappa shape index (κ1) is 15.3. The quantitative estimate of drug-likeness (QED) is 0.809. The maximum Gasteiger partial charge on any atom is 0.0276 e. The number of thioether (sulfide) groups is 2. The summed E-state index contributed by atoms with van der Waals surface area (Å²) in [6.45, 7) is 6.87. The lowest BCUT2D eigenvalue weighted by Gasteiger charge is -2.30. The van der Waals surface area contributed by atoms with Crippen molar-refractivity contribution in [2.45, 2.75) is 48.0 Å². The van der Waals surface area contributed by atoms with Crippen molar-refractivity contribution in [2.75, 3.05) is 19.3 Å². The summed E-state index contributed by atoms with van der Waals surface area (Å²) in [6.07, 6.45) is 5.96. The smallest absolute Gasteiger partial charge is 0.0276 e. The Hall–Kier alpha value is -0.120. The summed E-state index contributed by atoms with van der Waals surface area (Å²) in [6, 6.07) is 8.83. The van der Waals surface area contributed by atoms with Crippen LogP contribution in [-0.2, 0) is 6.42 Å². The average Bonchev–Trinajstić information content (AvgIpc) is 2.87. The Bertz CT molecular complexity index is 368. The van der Waals surface area contributed by atoms with Crippen LogP contribution in [0.3, 0.4) is 0 Å². The Kier molecular flexibility index (Phi) is 5.67. The molecule has 0 bridgehead atoms. The molecule has 0 saturated heterocycles. The second kappa shape index (κ2) is 7.05. The molecular formula is C16H25NS2. The molecule has 0 aromatic heterocycles. The largest absolute Gasteiger partial charge is 0.314 e. The van der Waals surface area contributed by atoms with Crippen molar-refractivity contribution in [1.82, 2.24) is 5.32 Å². The molecule has 0 spiro atoms. The summed E-state index contributed by atoms with van der Waals surface area (Å²) in [5, 5.41) is 4.43. The fraction of sp³-hybridized carbons (Fsp3) is 0.625. The highest BCUT2D eigenvalue weighted by Gasteiger charge is 2.26. The zero-order chi connectivity index (χ0) is 13.7. The van der Waals surface area contributed by atoms with Gasteiger partial charge in [-0.05, 0) is 37.1 Å². The molecule has 19 heavy (non-hydrogen) atoms. The molecule has 2 rings (SSSR count). The normalized spacial score (nSPS) is 18.6. The number of rotatable bonds is 7. The van der Waals surface area contributed by atoms with E-state index >= 15 is 0 Å². The van der Waals surface area contributed by atoms with Crippen LogP contribution in [0.1, 0.15) is 32.3 Å². The number of hydrogen-bond acceptors (Lipinski definition) is 3. The molecule has 0 saturated carbocycles. The van der Waals surface area contributed by atoms with Crippen molar-refractivity contribution in [1.29, 1.82) is 0 Å². The van der Waals surface area contributed by atoms with Gasteiger partial charge in [-0.3, -0.25) is 0 Å². The highest BCUT2D eigenvalue weighted by molar-refractivity contribution is 8.00. The fourth-order valence-corrected chi connectivity index (χ4v) is 4.80. The summed E-state index contributed by atoms with van der Waals surface area (Å²) < 4.78 is 0.427. The maximum absolute atomic E-state index is 3.71. The SMILES string of the molecule is CCC(CC)(CNCC1Cc2ccccc2S1)SC. The Morgan fingerprint density at radius 1 is 1.32 bits per heavy atom. The molecule has 1 aromatic carbocycles. The summed E-state index contributed by atoms with van der Waals surface area (Å²) >= 11 is 4.06. The van der Waals surface area contributed by atoms with Gasteiger partial charge >= 0.3 is 0 Å². The van der Waals surface area contributed by atoms with Crippen LogP contribution in [0.25, 0.3) is 0 Å². The highest BCUT2D eigenvalue weighted by Crippen LogP contribution is 2.36. The number of fused-ring (bicyclic) bond motifs is 1. The number of nitrogens with one attached hydrogen (secondary N) is 1. The first-order valence-electron chi connectivity index (χ1n) is 7.23. The van der Waals surface area contributed by atoms with Crippen LogP contribution in [0.4, 0.5) is 0 Å². The van der Waals surface area contributed by atoms with Gasteiger partial charge < -0.3 is 5.32 Å². The first-order valence-corrected chi connectivity index (χ1v) is 9.34. The summed E-state index contributed by atoms with van der Waals surface area (Å²) in [5.41, 5.74) is 1.53. The molecule has 1 aliphatic heterocycles. The highest BCUT2D eigenvalue weighted by atomic mass is 32.2. The topological polar surface area (TPSA) is 12.0 Å². The van der Waals surface area contributed by atoms with Gasteiger partial charge in [-0.1, -0.05) is 32.0 Å². The van der Waals surface area contributed by atoms with Crippen LogP contribution in [0, 0.1) is 0 Å². The Morgan fingerprint density at radius 2 is 2.05 bits per heavy atom. The third-order valence-corrected chi connectivity index (χ3v) is 7.16. The van der Waals surface area contributed by atoms with Crippen LogP contribution in [0.2, 0.25) is 0 Å². The van der Waals surface area contributed by atoms with E-state index in [1.54, 1.807) is 0 Å². The molecule has 1 unspecified atom stereocenters. The van der Waals surface area contributed by atoms with Crippen LogP contribution in [0.5, 0.6) is 0 Å². The van der Waals surface area contributed by atoms with E-state index in [1.807, 2.05) is 23.5 Å². The molecule has 1 aromatic rings. The second-order valence-electron chi connectivity index (χ2n) is 5.28. The zero-order valence-electron chi connectivity index (χ0n) is 12.2. The van der Waals surface area contributed by atoms with E-state index in [0.717, 1.165) is 13.1 Å². The van der Waals surface area contributed by atoms with Gasteiger partial charge in [0, 0.05) is 28.0 Å². The van der Waals surface area contributed by atoms with Gasteiger partial charge in [0.25, 0.3) is 0 Å². The number of hydrogen-bond donors (Lipinski definition) is 1. The molecule has 1 heterocycles. The van der Waals surface area contributed by atoms with E-state index in [0.29, 0.717) is 10.00 Å². The summed E-state index contributed by atoms with van der Waals surface area (Å²) in [5.74, 6) is 0. The van der Waals surface area contributed by atoms with E-state index in [1.165, 1.54) is 29.7 Å². The summed E-state index contributed by atoms with van der Waals surface area (Å²) in [4.78, 5) is 1.48. The first-order chi connectivity index (χ1) is 9.23. The van der Waals surface area contributed by atoms with Crippen molar-refractivity contribution in [3.8, 4) is 0 Å². The van der Waals surface area contributed by atoms with Crippen LogP contribution in [-0.4, -0.2) is 29.3 Å². The van der Waals surface area contributed by atoms with E-state index in [9.17, 15) is 0 Å². The molecular weight excluding hydrogens is 270 g/mol. The van der Waals surface area contributed by atoms with Gasteiger partial charge in [-0.2, -0.15) is 11.8 Å². The van der Waals surface area contributed by atoms with E-state index in [-0.39, 0.29) is 0 Å². The lowest BCUT2D eigenvalue weighted by Crippen LogP contribution is -2.39. The monoisotopic (exact) mass is 295 g/mol. The number of benzene rings is 1. The minimum absolute atomic E-state index is 0.427. The lowest BCUT2D eigenvalue weighted by atomic mass is 10.0. The van der Waals surface area contributed by atoms with E-state index in [4.69, 9.17) is 0 Å². The predicted molar refractivity (Wildman–Crippen MR) is 89.5 cm³/mol. The third kappa shape index (κ3) is 3.71. The van der Waals surface area contributed by atoms with Crippen molar-refractivity contribution in [3.63, 3.8) is 0 Å². The fourth-order valence-electron chi connectivity index (χ4n) is 2.69. The van der Waals surface area contributed by atoms with Crippen molar-refractivity contribution in [2.24, 2.45) is 0 Å². The van der Waals surface area contributed by atoms with Gasteiger partial charge in [0.15, 0.2) is 0 Å². The van der Waals surface area contributed by atoms with Crippen LogP contribution in [0.15, 0.2) is 29.2 Å². The van der Waals surface area contributed by atoms with Gasteiger partial charge in [0.1, 0.15) is 0 Å². The molecule has 0 radical (unpaired) electrons. The van der Waals surface area contributed by atoms with Crippen LogP contribution >= 0.6 is 23.5 Å². The van der Waals surface area contributed by atoms with E-state index < -0.39 is 0 Å². The van der Waals surface area contributed by atoms with Gasteiger partial charge in [0.2, 0.25) is 0 Å². The lowest BCUT2D eigenvalue weighted by molar-refractivity contribution is 0.494. The average molecular weight is 296 g/mol. The molecule has 0 aliphatic carbocycles. The van der Waals surface area contributed by atoms with Crippen molar-refractivity contribution >= 4 is 23.5 Å². The molecule has 3 heteroatoms. The third-order valence-electron chi connectivity index (χ3n) is 4.25. The molecule has 1 atom stereocenters. The molecule has 1 N–H and O–H groups in total. The maximum atomic E-state index is 3.71. The molecule has 0 fully saturated rings. The second-order valence-corrected chi connectivity index (χ2v) is 7.89. The van der Waals surface area contributed by atoms with Gasteiger partial charge in [-0.15, -0.1) is 11.8 Å². The molecule has 1 nitrogen and oxygen atoms in total. The van der Waals surface area contributed by atoms with Gasteiger partial charge in [0.05, 0.1) is 0 Å². The van der Waals surface area contributed by atoms with Crippen LogP contribution < -0.4 is 5.32 Å². The Labute approximate surface area is 126 Å². The standard InChI is InChI=1S/C16H25NS2/c1-4-16(5-2,18-3)12-17-11-14-10-13-8-6-7-9-15(13)19-14/h6-9,14,17H,4-5,10-12H2,1-3H3. The minimum atomic E-state index is 0.427. The molecule has 1 aliphatic rings. The zero-order valence-corrected chi connectivity index (χ0v) is 13.9. The predicted octanol–water partition coefficient (Wildman–Crippen LogP) is 4.21. The molecule has 106 valence electrons. The van der Waals surface area contributed by atoms with E-state index in [2.05, 4.69) is 49.7 Å². The van der Waals surface area contributed by atoms with Crippen molar-refractivity contribution in [3.05, 3.63) is 29.8 Å². The molecule has 0 amide bonds. The Balaban J connectivity index is 1.79. The Morgan fingerprint density at radius 3 is 2.68 bits per heavy atom. The summed E-state index contributed by atoms with van der Waals surface area (Å²) in [7, 11) is 0.